The molecule has 0 aliphatic carbocycles. The number of aromatic nitrogens is 4. The van der Waals surface area contributed by atoms with E-state index in [1.54, 1.807) is 26.0 Å². The van der Waals surface area contributed by atoms with E-state index in [9.17, 15) is 14.0 Å². The lowest BCUT2D eigenvalue weighted by Crippen LogP contribution is -2.48. The minimum atomic E-state index is -0.949. The smallest absolute Gasteiger partial charge is 0.319 e. The Morgan fingerprint density at radius 1 is 1.02 bits per heavy atom. The van der Waals surface area contributed by atoms with Crippen molar-refractivity contribution in [2.45, 2.75) is 59.1 Å². The number of esters is 1. The predicted octanol–water partition coefficient (Wildman–Crippen LogP) is 5.09. The minimum Gasteiger partial charge on any atom is -0.481 e. The lowest BCUT2D eigenvalue weighted by Gasteiger charge is -2.25. The molecule has 2 aromatic carbocycles. The zero-order valence-electron chi connectivity index (χ0n) is 25.1. The van der Waals surface area contributed by atoms with E-state index < -0.39 is 29.3 Å². The van der Waals surface area contributed by atoms with E-state index in [4.69, 9.17) is 24.3 Å². The normalized spacial score (nSPS) is 12.0. The average molecular weight is 631 g/mol. The van der Waals surface area contributed by atoms with Gasteiger partial charge in [-0.05, 0) is 62.6 Å². The fourth-order valence-corrected chi connectivity index (χ4v) is 4.01. The maximum Gasteiger partial charge on any atom is 0.319 e. The molecule has 236 valence electrons. The highest BCUT2D eigenvalue weighted by Crippen LogP contribution is 2.28. The summed E-state index contributed by atoms with van der Waals surface area (Å²) in [5, 5.41) is 10.7. The first-order valence-corrected chi connectivity index (χ1v) is 13.9. The number of rotatable bonds is 13. The highest BCUT2D eigenvalue weighted by molar-refractivity contribution is 5.95. The summed E-state index contributed by atoms with van der Waals surface area (Å²) < 4.78 is 36.8. The van der Waals surface area contributed by atoms with Crippen LogP contribution in [-0.4, -0.2) is 50.8 Å². The molecule has 0 fully saturated rings. The summed E-state index contributed by atoms with van der Waals surface area (Å²) >= 11 is 0. The standard InChI is InChI=1S/C30H35FN6O6.ClH/c1-6-23(41-20-10-7-18(8-11-20)26-33-24(42-36-26)13-17(2)3)29-34-27(37-43-29)19-9-12-21(22(31)14-19)28(39)35-30(4,5)16-40-25(38)15-32;/h7-12,14,17,23H,6,13,15-16,32H2,1-5H3,(H,35,39);1H. The van der Waals surface area contributed by atoms with Crippen molar-refractivity contribution in [1.82, 2.24) is 25.6 Å². The number of halogens is 2. The van der Waals surface area contributed by atoms with Gasteiger partial charge < -0.3 is 29.6 Å². The molecule has 1 unspecified atom stereocenters. The highest BCUT2D eigenvalue weighted by atomic mass is 35.5. The third-order valence-electron chi connectivity index (χ3n) is 6.21. The lowest BCUT2D eigenvalue weighted by molar-refractivity contribution is -0.143. The third kappa shape index (κ3) is 8.83. The molecule has 2 heterocycles. The van der Waals surface area contributed by atoms with Gasteiger partial charge in [-0.3, -0.25) is 9.59 Å². The number of carbonyl (C=O) groups excluding carboxylic acids is 2. The number of hydrogen-bond acceptors (Lipinski definition) is 11. The molecule has 2 aromatic heterocycles. The number of benzene rings is 2. The van der Waals surface area contributed by atoms with Crippen molar-refractivity contribution in [3.63, 3.8) is 0 Å². The summed E-state index contributed by atoms with van der Waals surface area (Å²) in [7, 11) is 0. The van der Waals surface area contributed by atoms with Gasteiger partial charge in [0.15, 0.2) is 6.10 Å². The molecule has 1 amide bonds. The zero-order chi connectivity index (χ0) is 31.1. The third-order valence-corrected chi connectivity index (χ3v) is 6.21. The van der Waals surface area contributed by atoms with Crippen LogP contribution in [-0.2, 0) is 16.0 Å². The van der Waals surface area contributed by atoms with Gasteiger partial charge in [-0.2, -0.15) is 9.97 Å². The molecule has 44 heavy (non-hydrogen) atoms. The fourth-order valence-electron chi connectivity index (χ4n) is 4.01. The van der Waals surface area contributed by atoms with Crippen molar-refractivity contribution in [3.8, 4) is 28.5 Å². The van der Waals surface area contributed by atoms with Crippen LogP contribution in [0.2, 0.25) is 0 Å². The highest BCUT2D eigenvalue weighted by Gasteiger charge is 2.26. The summed E-state index contributed by atoms with van der Waals surface area (Å²) in [5.74, 6) is 0.368. The van der Waals surface area contributed by atoms with Crippen LogP contribution in [0.1, 0.15) is 69.3 Å². The Morgan fingerprint density at radius 2 is 1.68 bits per heavy atom. The van der Waals surface area contributed by atoms with Gasteiger partial charge in [-0.1, -0.05) is 37.2 Å². The van der Waals surface area contributed by atoms with Crippen molar-refractivity contribution >= 4 is 24.3 Å². The molecule has 4 aromatic rings. The molecule has 0 aliphatic heterocycles. The Kier molecular flexibility index (Phi) is 11.5. The van der Waals surface area contributed by atoms with E-state index in [0.29, 0.717) is 41.8 Å². The van der Waals surface area contributed by atoms with E-state index >= 15 is 0 Å². The fraction of sp³-hybridized carbons (Fsp3) is 0.400. The molecular weight excluding hydrogens is 595 g/mol. The Morgan fingerprint density at radius 3 is 2.32 bits per heavy atom. The van der Waals surface area contributed by atoms with Gasteiger partial charge in [0.1, 0.15) is 18.2 Å². The molecule has 12 nitrogen and oxygen atoms in total. The molecule has 0 aliphatic rings. The zero-order valence-corrected chi connectivity index (χ0v) is 25.9. The Hall–Kier alpha value is -4.36. The lowest BCUT2D eigenvalue weighted by atomic mass is 10.0. The van der Waals surface area contributed by atoms with Crippen molar-refractivity contribution < 1.29 is 32.5 Å². The molecule has 14 heteroatoms. The van der Waals surface area contributed by atoms with Crippen LogP contribution in [0.3, 0.4) is 0 Å². The Labute approximate surface area is 260 Å². The second-order valence-corrected chi connectivity index (χ2v) is 11.0. The van der Waals surface area contributed by atoms with Crippen LogP contribution in [0.4, 0.5) is 4.39 Å². The maximum absolute atomic E-state index is 15.0. The number of nitrogens with two attached hydrogens (primary N) is 1. The van der Waals surface area contributed by atoms with Gasteiger partial charge >= 0.3 is 5.97 Å². The largest absolute Gasteiger partial charge is 0.481 e. The van der Waals surface area contributed by atoms with Crippen LogP contribution >= 0.6 is 12.4 Å². The maximum atomic E-state index is 15.0. The minimum absolute atomic E-state index is 0. The Bertz CT molecular complexity index is 1560. The van der Waals surface area contributed by atoms with E-state index in [0.717, 1.165) is 11.6 Å². The van der Waals surface area contributed by atoms with Crippen LogP contribution in [0.25, 0.3) is 22.8 Å². The number of amides is 1. The quantitative estimate of drug-likeness (QED) is 0.189. The summed E-state index contributed by atoms with van der Waals surface area (Å²) in [4.78, 5) is 32.9. The SMILES string of the molecule is CCC(Oc1ccc(-c2noc(CC(C)C)n2)cc1)c1nc(-c2ccc(C(=O)NC(C)(C)COC(=O)CN)c(F)c2)no1.Cl. The van der Waals surface area contributed by atoms with Crippen molar-refractivity contribution in [3.05, 3.63) is 65.6 Å². The summed E-state index contributed by atoms with van der Waals surface area (Å²) in [5.41, 5.74) is 5.19. The summed E-state index contributed by atoms with van der Waals surface area (Å²) in [6.45, 7) is 8.95. The van der Waals surface area contributed by atoms with E-state index in [2.05, 4.69) is 39.4 Å². The topological polar surface area (TPSA) is 168 Å². The number of carbonyl (C=O) groups is 2. The van der Waals surface area contributed by atoms with Crippen LogP contribution < -0.4 is 15.8 Å². The number of hydrogen-bond donors (Lipinski definition) is 2. The monoisotopic (exact) mass is 630 g/mol. The van der Waals surface area contributed by atoms with Gasteiger partial charge in [0.25, 0.3) is 11.8 Å². The van der Waals surface area contributed by atoms with Crippen molar-refractivity contribution in [1.29, 1.82) is 0 Å². The van der Waals surface area contributed by atoms with Gasteiger partial charge in [-0.25, -0.2) is 4.39 Å². The van der Waals surface area contributed by atoms with Crippen LogP contribution in [0.15, 0.2) is 51.5 Å². The first-order chi connectivity index (χ1) is 20.5. The Balaban J connectivity index is 0.00000529. The van der Waals surface area contributed by atoms with E-state index in [1.165, 1.54) is 12.1 Å². The molecule has 1 atom stereocenters. The van der Waals surface area contributed by atoms with E-state index in [1.807, 2.05) is 19.1 Å². The van der Waals surface area contributed by atoms with Gasteiger partial charge in [0.2, 0.25) is 17.5 Å². The second-order valence-electron chi connectivity index (χ2n) is 11.0. The molecule has 4 rings (SSSR count). The van der Waals surface area contributed by atoms with Crippen LogP contribution in [0, 0.1) is 11.7 Å². The molecule has 0 saturated heterocycles. The van der Waals surface area contributed by atoms with Crippen LogP contribution in [0.5, 0.6) is 5.75 Å². The molecule has 0 radical (unpaired) electrons. The van der Waals surface area contributed by atoms with Crippen molar-refractivity contribution in [2.75, 3.05) is 13.2 Å². The number of nitrogens with one attached hydrogen (secondary N) is 1. The molecular formula is C30H36ClFN6O6. The molecule has 0 saturated carbocycles. The molecule has 0 spiro atoms. The number of nitrogens with zero attached hydrogens (tertiary/aromatic N) is 4. The van der Waals surface area contributed by atoms with Gasteiger partial charge in [0, 0.05) is 17.5 Å². The van der Waals surface area contributed by atoms with E-state index in [-0.39, 0.29) is 42.8 Å². The van der Waals surface area contributed by atoms with Gasteiger partial charge in [-0.15, -0.1) is 12.4 Å². The van der Waals surface area contributed by atoms with Crippen molar-refractivity contribution in [2.24, 2.45) is 11.7 Å². The molecule has 0 bridgehead atoms. The predicted molar refractivity (Wildman–Crippen MR) is 160 cm³/mol. The average Bonchev–Trinajstić information content (AvgIpc) is 3.65. The summed E-state index contributed by atoms with van der Waals surface area (Å²) in [6.07, 6.45) is 0.676. The first kappa shape index (κ1) is 34.1. The summed E-state index contributed by atoms with van der Waals surface area (Å²) in [6, 6.07) is 11.2. The molecule has 3 N–H and O–H groups in total. The second kappa shape index (κ2) is 14.9. The number of ether oxygens (including phenoxy) is 2. The van der Waals surface area contributed by atoms with Gasteiger partial charge in [0.05, 0.1) is 17.6 Å². The first-order valence-electron chi connectivity index (χ1n) is 13.9.